The number of benzene rings is 1. The van der Waals surface area contributed by atoms with Gasteiger partial charge in [0.05, 0.1) is 10.7 Å². The Balaban J connectivity index is 2.30. The zero-order valence-corrected chi connectivity index (χ0v) is 12.5. The maximum Gasteiger partial charge on any atom is 0.323 e. The predicted octanol–water partition coefficient (Wildman–Crippen LogP) is -0.499. The number of hydrogen-bond acceptors (Lipinski definition) is 7. The molecule has 1 atom stereocenters. The van der Waals surface area contributed by atoms with Gasteiger partial charge in [0.25, 0.3) is 11.6 Å². The third-order valence-electron chi connectivity index (χ3n) is 3.50. The van der Waals surface area contributed by atoms with E-state index in [1.165, 1.54) is 12.1 Å². The minimum Gasteiger partial charge on any atom is -0.480 e. The van der Waals surface area contributed by atoms with Crippen molar-refractivity contribution in [1.82, 2.24) is 4.90 Å². The van der Waals surface area contributed by atoms with Gasteiger partial charge in [-0.2, -0.15) is 0 Å². The number of hydrogen-bond donors (Lipinski definition) is 2. The summed E-state index contributed by atoms with van der Waals surface area (Å²) in [6, 6.07) is 3.45. The average Bonchev–Trinajstić information content (AvgIpc) is 2.46. The standard InChI is InChI=1S/C12H13N3O7S/c13-8-2-1-7(5-9(8)15(19)20)11(16)14-3-4-23(21,22)10(6-14)12(17)18/h1-2,5,10H,3-4,6,13H2,(H,17,18). The van der Waals surface area contributed by atoms with Crippen LogP contribution in [0.2, 0.25) is 0 Å². The Morgan fingerprint density at radius 2 is 2.04 bits per heavy atom. The fourth-order valence-corrected chi connectivity index (χ4v) is 3.69. The van der Waals surface area contributed by atoms with Crippen LogP contribution in [0.1, 0.15) is 10.4 Å². The molecule has 11 heteroatoms. The second-order valence-electron chi connectivity index (χ2n) is 4.98. The van der Waals surface area contributed by atoms with E-state index in [2.05, 4.69) is 0 Å². The largest absolute Gasteiger partial charge is 0.480 e. The van der Waals surface area contributed by atoms with Crippen molar-refractivity contribution in [3.8, 4) is 0 Å². The van der Waals surface area contributed by atoms with E-state index < -0.39 is 49.9 Å². The highest BCUT2D eigenvalue weighted by molar-refractivity contribution is 7.92. The Hall–Kier alpha value is -2.69. The number of nitro groups is 1. The molecule has 0 saturated carbocycles. The predicted molar refractivity (Wildman–Crippen MR) is 78.6 cm³/mol. The van der Waals surface area contributed by atoms with Crippen LogP contribution in [0.25, 0.3) is 0 Å². The highest BCUT2D eigenvalue weighted by Gasteiger charge is 2.40. The molecule has 3 N–H and O–H groups in total. The van der Waals surface area contributed by atoms with Crippen LogP contribution < -0.4 is 5.73 Å². The van der Waals surface area contributed by atoms with Crippen molar-refractivity contribution in [2.24, 2.45) is 0 Å². The van der Waals surface area contributed by atoms with E-state index in [4.69, 9.17) is 10.8 Å². The number of nitrogens with two attached hydrogens (primary N) is 1. The molecule has 1 amide bonds. The third kappa shape index (κ3) is 3.23. The lowest BCUT2D eigenvalue weighted by molar-refractivity contribution is -0.383. The maximum atomic E-state index is 12.3. The molecule has 0 bridgehead atoms. The zero-order valence-electron chi connectivity index (χ0n) is 11.7. The Bertz CT molecular complexity index is 790. The molecule has 1 saturated heterocycles. The van der Waals surface area contributed by atoms with Crippen LogP contribution in [0.3, 0.4) is 0 Å². The van der Waals surface area contributed by atoms with Gasteiger partial charge in [0.1, 0.15) is 5.69 Å². The first-order chi connectivity index (χ1) is 10.6. The summed E-state index contributed by atoms with van der Waals surface area (Å²) in [5, 5.41) is 18.1. The van der Waals surface area contributed by atoms with E-state index in [1.54, 1.807) is 0 Å². The van der Waals surface area contributed by atoms with Gasteiger partial charge in [-0.05, 0) is 12.1 Å². The molecule has 0 aliphatic carbocycles. The number of sulfone groups is 1. The molecule has 1 aliphatic heterocycles. The monoisotopic (exact) mass is 343 g/mol. The molecule has 0 aromatic heterocycles. The van der Waals surface area contributed by atoms with Crippen molar-refractivity contribution >= 4 is 33.1 Å². The van der Waals surface area contributed by atoms with Crippen molar-refractivity contribution in [3.63, 3.8) is 0 Å². The number of carbonyl (C=O) groups is 2. The Morgan fingerprint density at radius 3 is 2.61 bits per heavy atom. The Labute approximate surface area is 130 Å². The summed E-state index contributed by atoms with van der Waals surface area (Å²) in [7, 11) is -3.82. The topological polar surface area (TPSA) is 161 Å². The number of rotatable bonds is 3. The number of carbonyl (C=O) groups excluding carboxylic acids is 1. The molecule has 1 fully saturated rings. The Kier molecular flexibility index (Phi) is 4.23. The van der Waals surface area contributed by atoms with Crippen molar-refractivity contribution < 1.29 is 28.0 Å². The normalized spacial score (nSPS) is 20.0. The van der Waals surface area contributed by atoms with Crippen molar-refractivity contribution in [3.05, 3.63) is 33.9 Å². The molecular formula is C12H13N3O7S. The number of amides is 1. The van der Waals surface area contributed by atoms with Crippen molar-refractivity contribution in [1.29, 1.82) is 0 Å². The summed E-state index contributed by atoms with van der Waals surface area (Å²) < 4.78 is 23.4. The van der Waals surface area contributed by atoms with E-state index in [-0.39, 0.29) is 17.8 Å². The molecule has 1 aromatic carbocycles. The van der Waals surface area contributed by atoms with Crippen LogP contribution in [-0.4, -0.2) is 59.3 Å². The number of nitro benzene ring substituents is 1. The number of anilines is 1. The van der Waals surface area contributed by atoms with Crippen molar-refractivity contribution in [2.45, 2.75) is 5.25 Å². The SMILES string of the molecule is Nc1ccc(C(=O)N2CCS(=O)(=O)C(C(=O)O)C2)cc1[N+](=O)[O-]. The molecule has 23 heavy (non-hydrogen) atoms. The van der Waals surface area contributed by atoms with Gasteiger partial charge in [0.15, 0.2) is 15.1 Å². The molecule has 2 rings (SSSR count). The van der Waals surface area contributed by atoms with Gasteiger partial charge in [-0.25, -0.2) is 8.42 Å². The van der Waals surface area contributed by atoms with Crippen LogP contribution in [-0.2, 0) is 14.6 Å². The number of carboxylic acid groups (broad SMARTS) is 1. The maximum absolute atomic E-state index is 12.3. The van der Waals surface area contributed by atoms with Crippen molar-refractivity contribution in [2.75, 3.05) is 24.6 Å². The van der Waals surface area contributed by atoms with Gasteiger partial charge in [0, 0.05) is 24.7 Å². The summed E-state index contributed by atoms with van der Waals surface area (Å²) in [6.07, 6.45) is 0. The number of nitrogen functional groups attached to an aromatic ring is 1. The molecule has 0 spiro atoms. The molecule has 1 aromatic rings. The van der Waals surface area contributed by atoms with Gasteiger partial charge >= 0.3 is 5.97 Å². The van der Waals surface area contributed by atoms with Crippen LogP contribution in [0.5, 0.6) is 0 Å². The molecule has 1 heterocycles. The fraction of sp³-hybridized carbons (Fsp3) is 0.333. The molecule has 0 radical (unpaired) electrons. The van der Waals surface area contributed by atoms with Crippen LogP contribution >= 0.6 is 0 Å². The van der Waals surface area contributed by atoms with E-state index in [1.807, 2.05) is 0 Å². The smallest absolute Gasteiger partial charge is 0.323 e. The lowest BCUT2D eigenvalue weighted by Crippen LogP contribution is -2.52. The highest BCUT2D eigenvalue weighted by atomic mass is 32.2. The quantitative estimate of drug-likeness (QED) is 0.422. The number of aliphatic carboxylic acids is 1. The summed E-state index contributed by atoms with van der Waals surface area (Å²) in [5.41, 5.74) is 4.82. The minimum atomic E-state index is -3.82. The van der Waals surface area contributed by atoms with Gasteiger partial charge < -0.3 is 15.7 Å². The van der Waals surface area contributed by atoms with E-state index >= 15 is 0 Å². The first kappa shape index (κ1) is 16.7. The lowest BCUT2D eigenvalue weighted by Gasteiger charge is -2.30. The summed E-state index contributed by atoms with van der Waals surface area (Å²) in [4.78, 5) is 34.5. The molecule has 10 nitrogen and oxygen atoms in total. The lowest BCUT2D eigenvalue weighted by atomic mass is 10.1. The third-order valence-corrected chi connectivity index (χ3v) is 5.47. The fourth-order valence-electron chi connectivity index (χ4n) is 2.22. The minimum absolute atomic E-state index is 0.0608. The molecular weight excluding hydrogens is 330 g/mol. The summed E-state index contributed by atoms with van der Waals surface area (Å²) in [6.45, 7) is -0.683. The first-order valence-corrected chi connectivity index (χ1v) is 8.12. The van der Waals surface area contributed by atoms with Gasteiger partial charge in [-0.1, -0.05) is 0 Å². The van der Waals surface area contributed by atoms with Gasteiger partial charge in [-0.3, -0.25) is 19.7 Å². The zero-order chi connectivity index (χ0) is 17.4. The summed E-state index contributed by atoms with van der Waals surface area (Å²) in [5.74, 6) is -2.70. The van der Waals surface area contributed by atoms with E-state index in [0.717, 1.165) is 11.0 Å². The van der Waals surface area contributed by atoms with Crippen LogP contribution in [0.4, 0.5) is 11.4 Å². The second kappa shape index (κ2) is 5.83. The highest BCUT2D eigenvalue weighted by Crippen LogP contribution is 2.24. The molecule has 1 aliphatic rings. The van der Waals surface area contributed by atoms with Gasteiger partial charge in [0.2, 0.25) is 0 Å². The van der Waals surface area contributed by atoms with Crippen LogP contribution in [0, 0.1) is 10.1 Å². The van der Waals surface area contributed by atoms with Crippen LogP contribution in [0.15, 0.2) is 18.2 Å². The van der Waals surface area contributed by atoms with E-state index in [0.29, 0.717) is 0 Å². The number of carboxylic acids is 1. The number of nitrogens with zero attached hydrogens (tertiary/aromatic N) is 2. The van der Waals surface area contributed by atoms with E-state index in [9.17, 15) is 28.1 Å². The molecule has 124 valence electrons. The van der Waals surface area contributed by atoms with Gasteiger partial charge in [-0.15, -0.1) is 0 Å². The molecule has 1 unspecified atom stereocenters. The summed E-state index contributed by atoms with van der Waals surface area (Å²) >= 11 is 0. The average molecular weight is 343 g/mol. The first-order valence-electron chi connectivity index (χ1n) is 6.41. The Morgan fingerprint density at radius 1 is 1.39 bits per heavy atom. The second-order valence-corrected chi connectivity index (χ2v) is 7.28.